The number of nitrogens with one attached hydrogen (secondary N) is 1. The van der Waals surface area contributed by atoms with Gasteiger partial charge in [-0.05, 0) is 43.5 Å². The Morgan fingerprint density at radius 1 is 1.16 bits per heavy atom. The molecule has 8 heteroatoms. The van der Waals surface area contributed by atoms with E-state index in [9.17, 15) is 5.11 Å². The van der Waals surface area contributed by atoms with Gasteiger partial charge in [-0.2, -0.15) is 9.97 Å². The molecule has 4 rings (SSSR count). The largest absolute Gasteiger partial charge is 0.463 e. The Kier molecular flexibility index (Phi) is 7.09. The van der Waals surface area contributed by atoms with E-state index in [2.05, 4.69) is 51.4 Å². The van der Waals surface area contributed by atoms with Gasteiger partial charge in [0.25, 0.3) is 0 Å². The Bertz CT molecular complexity index is 871. The summed E-state index contributed by atoms with van der Waals surface area (Å²) < 4.78 is 5.75. The van der Waals surface area contributed by atoms with Crippen molar-refractivity contribution in [2.24, 2.45) is 0 Å². The van der Waals surface area contributed by atoms with E-state index >= 15 is 0 Å². The number of aromatic nitrogens is 2. The fourth-order valence-corrected chi connectivity index (χ4v) is 4.28. The number of ether oxygens (including phenoxy) is 1. The third-order valence-corrected chi connectivity index (χ3v) is 5.85. The Morgan fingerprint density at radius 2 is 1.94 bits per heavy atom. The van der Waals surface area contributed by atoms with Crippen LogP contribution in [0.25, 0.3) is 0 Å². The minimum atomic E-state index is -0.734. The zero-order chi connectivity index (χ0) is 21.6. The second kappa shape index (κ2) is 10.2. The van der Waals surface area contributed by atoms with Crippen LogP contribution in [0.3, 0.4) is 0 Å². The molecule has 0 bridgehead atoms. The molecule has 0 spiro atoms. The molecule has 1 atom stereocenters. The van der Waals surface area contributed by atoms with Gasteiger partial charge in [0.15, 0.2) is 11.6 Å². The topological polar surface area (TPSA) is 99.8 Å². The number of unbranched alkanes of at least 4 members (excludes halogenated alkanes) is 2. The molecule has 4 N–H and O–H groups in total. The van der Waals surface area contributed by atoms with Crippen molar-refractivity contribution >= 4 is 17.3 Å². The summed E-state index contributed by atoms with van der Waals surface area (Å²) in [5.41, 5.74) is 9.23. The Hall–Kier alpha value is -2.58. The highest BCUT2D eigenvalue weighted by Gasteiger charge is 2.27. The minimum absolute atomic E-state index is 0.290. The van der Waals surface area contributed by atoms with E-state index in [0.29, 0.717) is 43.0 Å². The second-order valence-electron chi connectivity index (χ2n) is 8.49. The second-order valence-corrected chi connectivity index (χ2v) is 8.49. The molecule has 168 valence electrons. The highest BCUT2D eigenvalue weighted by Crippen LogP contribution is 2.35. The SMILES string of the molecule is CCCCCOc1nc(N)c2c(n1)N(Cc1cccc(CN3CCCC3)c1)CC(O)N2. The number of nitrogens with two attached hydrogens (primary N) is 1. The normalized spacial score (nSPS) is 18.6. The standard InChI is InChI=1S/C23H34N6O2/c1-2-3-6-12-31-23-26-21(24)20-22(27-23)29(16-19(30)25-20)15-18-9-7-8-17(13-18)14-28-10-4-5-11-28/h7-9,13,19,25,30H,2-6,10-12,14-16H2,1H3,(H2,24,26,27). The number of fused-ring (bicyclic) bond motifs is 1. The number of hydrogen-bond donors (Lipinski definition) is 3. The maximum atomic E-state index is 10.3. The first-order chi connectivity index (χ1) is 15.1. The quantitative estimate of drug-likeness (QED) is 0.526. The van der Waals surface area contributed by atoms with Gasteiger partial charge in [0.05, 0.1) is 13.2 Å². The van der Waals surface area contributed by atoms with E-state index in [1.54, 1.807) is 0 Å². The molecule has 2 aliphatic heterocycles. The van der Waals surface area contributed by atoms with Crippen LogP contribution in [0.2, 0.25) is 0 Å². The molecular formula is C23H34N6O2. The molecule has 1 saturated heterocycles. The Labute approximate surface area is 184 Å². The van der Waals surface area contributed by atoms with Gasteiger partial charge < -0.3 is 25.8 Å². The number of benzene rings is 1. The molecule has 3 heterocycles. The fraction of sp³-hybridized carbons (Fsp3) is 0.565. The number of hydrogen-bond acceptors (Lipinski definition) is 8. The summed E-state index contributed by atoms with van der Waals surface area (Å²) in [6.07, 6.45) is 5.04. The number of nitrogen functional groups attached to an aromatic ring is 1. The molecule has 1 aromatic carbocycles. The third kappa shape index (κ3) is 5.57. The molecule has 1 fully saturated rings. The summed E-state index contributed by atoms with van der Waals surface area (Å²) in [7, 11) is 0. The van der Waals surface area contributed by atoms with Crippen molar-refractivity contribution in [2.45, 2.75) is 58.3 Å². The first-order valence-electron chi connectivity index (χ1n) is 11.4. The maximum absolute atomic E-state index is 10.3. The van der Waals surface area contributed by atoms with Crippen LogP contribution in [-0.4, -0.2) is 52.4 Å². The lowest BCUT2D eigenvalue weighted by Crippen LogP contribution is -2.42. The summed E-state index contributed by atoms with van der Waals surface area (Å²) in [4.78, 5) is 13.4. The Balaban J connectivity index is 1.50. The minimum Gasteiger partial charge on any atom is -0.463 e. The summed E-state index contributed by atoms with van der Waals surface area (Å²) in [6.45, 7) is 7.11. The summed E-state index contributed by atoms with van der Waals surface area (Å²) in [5, 5.41) is 13.3. The van der Waals surface area contributed by atoms with Gasteiger partial charge in [0, 0.05) is 13.1 Å². The average molecular weight is 427 g/mol. The van der Waals surface area contributed by atoms with Crippen LogP contribution >= 0.6 is 0 Å². The van der Waals surface area contributed by atoms with Crippen molar-refractivity contribution in [1.82, 2.24) is 14.9 Å². The van der Waals surface area contributed by atoms with Crippen LogP contribution in [-0.2, 0) is 13.1 Å². The van der Waals surface area contributed by atoms with E-state index in [4.69, 9.17) is 10.5 Å². The molecule has 2 aromatic rings. The highest BCUT2D eigenvalue weighted by molar-refractivity contribution is 5.78. The number of aliphatic hydroxyl groups is 1. The van der Waals surface area contributed by atoms with Crippen molar-refractivity contribution in [3.8, 4) is 6.01 Å². The number of rotatable bonds is 9. The van der Waals surface area contributed by atoms with Crippen LogP contribution in [0.4, 0.5) is 17.3 Å². The summed E-state index contributed by atoms with van der Waals surface area (Å²) in [6, 6.07) is 8.95. The lowest BCUT2D eigenvalue weighted by atomic mass is 10.1. The predicted octanol–water partition coefficient (Wildman–Crippen LogP) is 2.97. The van der Waals surface area contributed by atoms with Gasteiger partial charge in [-0.25, -0.2) is 0 Å². The average Bonchev–Trinajstić information content (AvgIpc) is 3.25. The molecule has 31 heavy (non-hydrogen) atoms. The smallest absolute Gasteiger partial charge is 0.320 e. The molecule has 1 aromatic heterocycles. The zero-order valence-electron chi connectivity index (χ0n) is 18.4. The van der Waals surface area contributed by atoms with Crippen LogP contribution in [0.1, 0.15) is 50.2 Å². The maximum Gasteiger partial charge on any atom is 0.320 e. The van der Waals surface area contributed by atoms with Crippen molar-refractivity contribution < 1.29 is 9.84 Å². The Morgan fingerprint density at radius 3 is 2.71 bits per heavy atom. The van der Waals surface area contributed by atoms with Gasteiger partial charge in [0.2, 0.25) is 0 Å². The van der Waals surface area contributed by atoms with E-state index in [1.165, 1.54) is 37.1 Å². The third-order valence-electron chi connectivity index (χ3n) is 5.85. The van der Waals surface area contributed by atoms with Gasteiger partial charge in [-0.15, -0.1) is 0 Å². The predicted molar refractivity (Wildman–Crippen MR) is 123 cm³/mol. The summed E-state index contributed by atoms with van der Waals surface area (Å²) >= 11 is 0. The number of nitrogens with zero attached hydrogens (tertiary/aromatic N) is 4. The molecule has 2 aliphatic rings. The molecule has 0 aliphatic carbocycles. The van der Waals surface area contributed by atoms with Crippen molar-refractivity contribution in [1.29, 1.82) is 0 Å². The van der Waals surface area contributed by atoms with Gasteiger partial charge in [-0.3, -0.25) is 4.90 Å². The van der Waals surface area contributed by atoms with E-state index in [-0.39, 0.29) is 0 Å². The number of anilines is 3. The number of likely N-dealkylation sites (tertiary alicyclic amines) is 1. The molecule has 1 unspecified atom stereocenters. The van der Waals surface area contributed by atoms with Crippen molar-refractivity contribution in [2.75, 3.05) is 42.2 Å². The van der Waals surface area contributed by atoms with Crippen LogP contribution < -0.4 is 20.7 Å². The molecular weight excluding hydrogens is 392 g/mol. The molecule has 0 amide bonds. The van der Waals surface area contributed by atoms with Crippen molar-refractivity contribution in [3.63, 3.8) is 0 Å². The highest BCUT2D eigenvalue weighted by atomic mass is 16.5. The van der Waals surface area contributed by atoms with E-state index in [0.717, 1.165) is 25.8 Å². The van der Waals surface area contributed by atoms with E-state index < -0.39 is 6.23 Å². The summed E-state index contributed by atoms with van der Waals surface area (Å²) in [5.74, 6) is 0.968. The van der Waals surface area contributed by atoms with Crippen molar-refractivity contribution in [3.05, 3.63) is 35.4 Å². The van der Waals surface area contributed by atoms with Gasteiger partial charge in [0.1, 0.15) is 11.9 Å². The molecule has 0 radical (unpaired) electrons. The fourth-order valence-electron chi connectivity index (χ4n) is 4.28. The zero-order valence-corrected chi connectivity index (χ0v) is 18.4. The van der Waals surface area contributed by atoms with Gasteiger partial charge >= 0.3 is 6.01 Å². The first-order valence-corrected chi connectivity index (χ1v) is 11.4. The first kappa shape index (κ1) is 21.6. The molecule has 8 nitrogen and oxygen atoms in total. The van der Waals surface area contributed by atoms with Gasteiger partial charge in [-0.1, -0.05) is 44.0 Å². The number of aliphatic hydroxyl groups excluding tert-OH is 1. The lowest BCUT2D eigenvalue weighted by Gasteiger charge is -2.34. The van der Waals surface area contributed by atoms with E-state index in [1.807, 2.05) is 4.90 Å². The molecule has 0 saturated carbocycles. The van der Waals surface area contributed by atoms with Crippen LogP contribution in [0.5, 0.6) is 6.01 Å². The van der Waals surface area contributed by atoms with Crippen LogP contribution in [0.15, 0.2) is 24.3 Å². The lowest BCUT2D eigenvalue weighted by molar-refractivity contribution is 0.203. The monoisotopic (exact) mass is 426 g/mol. The number of β-amino-alcohol motifs (C(OH)–C–C–N with tert-alkyl or cyclic N) is 1. The van der Waals surface area contributed by atoms with Crippen LogP contribution in [0, 0.1) is 0 Å².